The van der Waals surface area contributed by atoms with Gasteiger partial charge in [-0.2, -0.15) is 0 Å². The molecule has 1 aliphatic carbocycles. The van der Waals surface area contributed by atoms with Gasteiger partial charge in [0.15, 0.2) is 0 Å². The first-order valence-electron chi connectivity index (χ1n) is 9.54. The molecule has 1 aliphatic rings. The predicted molar refractivity (Wildman–Crippen MR) is 106 cm³/mol. The molecule has 0 aliphatic heterocycles. The lowest BCUT2D eigenvalue weighted by atomic mass is 9.89. The first-order valence-corrected chi connectivity index (χ1v) is 10.4. The zero-order valence-electron chi connectivity index (χ0n) is 15.8. The van der Waals surface area contributed by atoms with E-state index in [0.717, 1.165) is 41.5 Å². The average Bonchev–Trinajstić information content (AvgIpc) is 3.00. The minimum absolute atomic E-state index is 0.0301. The van der Waals surface area contributed by atoms with E-state index < -0.39 is 0 Å². The van der Waals surface area contributed by atoms with Gasteiger partial charge in [0.05, 0.1) is 11.9 Å². The second-order valence-electron chi connectivity index (χ2n) is 7.17. The van der Waals surface area contributed by atoms with E-state index in [4.69, 9.17) is 0 Å². The van der Waals surface area contributed by atoms with Crippen LogP contribution in [-0.2, 0) is 28.9 Å². The first-order chi connectivity index (χ1) is 13.0. The Labute approximate surface area is 162 Å². The molecule has 0 unspecified atom stereocenters. The van der Waals surface area contributed by atoms with Gasteiger partial charge in [-0.1, -0.05) is 13.8 Å². The molecule has 27 heavy (non-hydrogen) atoms. The Balaban J connectivity index is 1.62. The largest absolute Gasteiger partial charge is 0.355 e. The van der Waals surface area contributed by atoms with Crippen LogP contribution >= 0.6 is 11.3 Å². The van der Waals surface area contributed by atoms with Gasteiger partial charge in [-0.15, -0.1) is 11.3 Å². The highest BCUT2D eigenvalue weighted by molar-refractivity contribution is 7.18. The molecular formula is C19H26N4O3S. The van der Waals surface area contributed by atoms with Crippen LogP contribution in [0, 0.1) is 5.92 Å². The van der Waals surface area contributed by atoms with Crippen LogP contribution in [-0.4, -0.2) is 34.9 Å². The fraction of sp³-hybridized carbons (Fsp3) is 0.579. The number of carbonyl (C=O) groups excluding carboxylic acids is 2. The maximum atomic E-state index is 12.5. The molecule has 0 saturated heterocycles. The van der Waals surface area contributed by atoms with Gasteiger partial charge in [0.1, 0.15) is 10.7 Å². The summed E-state index contributed by atoms with van der Waals surface area (Å²) in [6.45, 7) is 4.77. The number of H-pyrrole nitrogens is 1. The second kappa shape index (κ2) is 8.65. The first kappa shape index (κ1) is 19.5. The van der Waals surface area contributed by atoms with Gasteiger partial charge in [0.2, 0.25) is 11.8 Å². The molecule has 0 aromatic carbocycles. The highest BCUT2D eigenvalue weighted by atomic mass is 32.1. The molecule has 2 aromatic heterocycles. The molecule has 2 amide bonds. The summed E-state index contributed by atoms with van der Waals surface area (Å²) in [6, 6.07) is 0. The van der Waals surface area contributed by atoms with E-state index in [1.165, 1.54) is 4.88 Å². The topological polar surface area (TPSA) is 104 Å². The Hall–Kier alpha value is -2.22. The summed E-state index contributed by atoms with van der Waals surface area (Å²) < 4.78 is 0. The molecule has 0 spiro atoms. The third-order valence-corrected chi connectivity index (χ3v) is 5.97. The van der Waals surface area contributed by atoms with Gasteiger partial charge in [-0.3, -0.25) is 14.4 Å². The van der Waals surface area contributed by atoms with E-state index in [1.807, 2.05) is 6.92 Å². The Bertz CT molecular complexity index is 902. The summed E-state index contributed by atoms with van der Waals surface area (Å²) in [5.41, 5.74) is 1.05. The van der Waals surface area contributed by atoms with Crippen molar-refractivity contribution in [1.82, 2.24) is 20.6 Å². The molecule has 146 valence electrons. The van der Waals surface area contributed by atoms with Gasteiger partial charge >= 0.3 is 0 Å². The van der Waals surface area contributed by atoms with Crippen molar-refractivity contribution in [2.24, 2.45) is 5.92 Å². The van der Waals surface area contributed by atoms with Crippen LogP contribution in [0.3, 0.4) is 0 Å². The Morgan fingerprint density at radius 3 is 2.89 bits per heavy atom. The average molecular weight is 391 g/mol. The number of aromatic amines is 1. The Morgan fingerprint density at radius 1 is 1.30 bits per heavy atom. The quantitative estimate of drug-likeness (QED) is 0.669. The fourth-order valence-electron chi connectivity index (χ4n) is 3.34. The number of thiophene rings is 1. The van der Waals surface area contributed by atoms with Crippen LogP contribution in [0.5, 0.6) is 0 Å². The SMILES string of the molecule is CCCNC(=O)CNC(=O)CCc1nc2sc3c(c2c(=O)[nH]1)CC[C@H](C)C3. The van der Waals surface area contributed by atoms with Crippen LogP contribution in [0.25, 0.3) is 10.2 Å². The zero-order chi connectivity index (χ0) is 19.4. The standard InChI is InChI=1S/C19H26N4O3S/c1-3-8-20-16(25)10-21-15(24)7-6-14-22-18(26)17-12-5-4-11(2)9-13(12)27-19(17)23-14/h11H,3-10H2,1-2H3,(H,20,25)(H,21,24)(H,22,23,26)/t11-/m0/s1. The number of hydrogen-bond acceptors (Lipinski definition) is 5. The van der Waals surface area contributed by atoms with Crippen molar-refractivity contribution in [3.05, 3.63) is 26.6 Å². The van der Waals surface area contributed by atoms with Crippen molar-refractivity contribution in [3.63, 3.8) is 0 Å². The fourth-order valence-corrected chi connectivity index (χ4v) is 4.74. The third-order valence-electron chi connectivity index (χ3n) is 4.82. The summed E-state index contributed by atoms with van der Waals surface area (Å²) in [6.07, 6.45) is 4.42. The van der Waals surface area contributed by atoms with Crippen molar-refractivity contribution in [2.45, 2.75) is 52.4 Å². The monoisotopic (exact) mass is 390 g/mol. The molecule has 1 atom stereocenters. The normalized spacial score (nSPS) is 16.1. The minimum atomic E-state index is -0.233. The number of carbonyl (C=O) groups is 2. The molecule has 3 rings (SSSR count). The van der Waals surface area contributed by atoms with Crippen LogP contribution < -0.4 is 16.2 Å². The van der Waals surface area contributed by atoms with E-state index in [-0.39, 0.29) is 30.3 Å². The summed E-state index contributed by atoms with van der Waals surface area (Å²) in [7, 11) is 0. The number of amides is 2. The molecule has 2 heterocycles. The van der Waals surface area contributed by atoms with Crippen LogP contribution in [0.15, 0.2) is 4.79 Å². The molecule has 0 bridgehead atoms. The van der Waals surface area contributed by atoms with E-state index in [1.54, 1.807) is 11.3 Å². The van der Waals surface area contributed by atoms with Gasteiger partial charge in [-0.25, -0.2) is 4.98 Å². The van der Waals surface area contributed by atoms with Crippen molar-refractivity contribution in [3.8, 4) is 0 Å². The predicted octanol–water partition coefficient (Wildman–Crippen LogP) is 1.68. The van der Waals surface area contributed by atoms with Gasteiger partial charge < -0.3 is 15.6 Å². The van der Waals surface area contributed by atoms with Crippen LogP contribution in [0.4, 0.5) is 0 Å². The number of rotatable bonds is 7. The summed E-state index contributed by atoms with van der Waals surface area (Å²) in [4.78, 5) is 45.4. The summed E-state index contributed by atoms with van der Waals surface area (Å²) >= 11 is 1.60. The van der Waals surface area contributed by atoms with Crippen molar-refractivity contribution < 1.29 is 9.59 Å². The van der Waals surface area contributed by atoms with E-state index in [0.29, 0.717) is 24.7 Å². The lowest BCUT2D eigenvalue weighted by molar-refractivity contribution is -0.126. The number of aromatic nitrogens is 2. The molecule has 0 saturated carbocycles. The van der Waals surface area contributed by atoms with Crippen LogP contribution in [0.1, 0.15) is 49.4 Å². The summed E-state index contributed by atoms with van der Waals surface area (Å²) in [5.74, 6) is 0.729. The maximum absolute atomic E-state index is 12.5. The highest BCUT2D eigenvalue weighted by Crippen LogP contribution is 2.35. The van der Waals surface area contributed by atoms with Crippen molar-refractivity contribution >= 4 is 33.4 Å². The molecule has 2 aromatic rings. The number of nitrogens with one attached hydrogen (secondary N) is 3. The molecule has 0 radical (unpaired) electrons. The number of aryl methyl sites for hydroxylation is 2. The smallest absolute Gasteiger partial charge is 0.259 e. The number of hydrogen-bond donors (Lipinski definition) is 3. The summed E-state index contributed by atoms with van der Waals surface area (Å²) in [5, 5.41) is 6.02. The molecular weight excluding hydrogens is 364 g/mol. The number of fused-ring (bicyclic) bond motifs is 3. The third kappa shape index (κ3) is 4.74. The minimum Gasteiger partial charge on any atom is -0.355 e. The molecule has 3 N–H and O–H groups in total. The van der Waals surface area contributed by atoms with E-state index >= 15 is 0 Å². The van der Waals surface area contributed by atoms with Crippen molar-refractivity contribution in [1.29, 1.82) is 0 Å². The van der Waals surface area contributed by atoms with Gasteiger partial charge in [0, 0.05) is 24.3 Å². The lowest BCUT2D eigenvalue weighted by Crippen LogP contribution is -2.37. The molecule has 8 heteroatoms. The Kier molecular flexibility index (Phi) is 6.26. The zero-order valence-corrected chi connectivity index (χ0v) is 16.6. The van der Waals surface area contributed by atoms with E-state index in [2.05, 4.69) is 27.5 Å². The van der Waals surface area contributed by atoms with Crippen molar-refractivity contribution in [2.75, 3.05) is 13.1 Å². The van der Waals surface area contributed by atoms with E-state index in [9.17, 15) is 14.4 Å². The molecule has 0 fully saturated rings. The van der Waals surface area contributed by atoms with Crippen LogP contribution in [0.2, 0.25) is 0 Å². The second-order valence-corrected chi connectivity index (χ2v) is 8.25. The Morgan fingerprint density at radius 2 is 2.11 bits per heavy atom. The lowest BCUT2D eigenvalue weighted by Gasteiger charge is -2.17. The molecule has 7 nitrogen and oxygen atoms in total. The van der Waals surface area contributed by atoms with Gasteiger partial charge in [-0.05, 0) is 37.2 Å². The maximum Gasteiger partial charge on any atom is 0.259 e. The number of nitrogens with zero attached hydrogens (tertiary/aromatic N) is 1. The highest BCUT2D eigenvalue weighted by Gasteiger charge is 2.23. The van der Waals surface area contributed by atoms with Gasteiger partial charge in [0.25, 0.3) is 5.56 Å².